The predicted molar refractivity (Wildman–Crippen MR) is 110 cm³/mol. The van der Waals surface area contributed by atoms with Crippen LogP contribution < -0.4 is 0 Å². The van der Waals surface area contributed by atoms with Crippen molar-refractivity contribution in [1.82, 2.24) is 15.0 Å². The van der Waals surface area contributed by atoms with Gasteiger partial charge in [-0.25, -0.2) is 9.97 Å². The fourth-order valence-corrected chi connectivity index (χ4v) is 3.28. The molecule has 27 heavy (non-hydrogen) atoms. The van der Waals surface area contributed by atoms with Gasteiger partial charge in [-0.3, -0.25) is 9.78 Å². The summed E-state index contributed by atoms with van der Waals surface area (Å²) in [6.07, 6.45) is 13.3. The van der Waals surface area contributed by atoms with Crippen LogP contribution in [0.4, 0.5) is 0 Å². The Morgan fingerprint density at radius 2 is 1.70 bits per heavy atom. The molecule has 0 aromatic carbocycles. The van der Waals surface area contributed by atoms with E-state index in [9.17, 15) is 4.79 Å². The molecule has 2 rings (SSSR count). The van der Waals surface area contributed by atoms with Crippen molar-refractivity contribution in [1.29, 1.82) is 0 Å². The van der Waals surface area contributed by atoms with Gasteiger partial charge in [0.05, 0.1) is 23.7 Å². The van der Waals surface area contributed by atoms with Gasteiger partial charge in [0, 0.05) is 12.4 Å². The zero-order valence-corrected chi connectivity index (χ0v) is 16.9. The molecule has 0 atom stereocenters. The van der Waals surface area contributed by atoms with E-state index in [2.05, 4.69) is 21.9 Å². The highest BCUT2D eigenvalue weighted by molar-refractivity contribution is 7.99. The van der Waals surface area contributed by atoms with Crippen LogP contribution in [0, 0.1) is 0 Å². The van der Waals surface area contributed by atoms with E-state index >= 15 is 0 Å². The van der Waals surface area contributed by atoms with E-state index in [1.807, 2.05) is 24.3 Å². The van der Waals surface area contributed by atoms with E-state index in [4.69, 9.17) is 4.74 Å². The summed E-state index contributed by atoms with van der Waals surface area (Å²) >= 11 is 1.29. The van der Waals surface area contributed by atoms with E-state index in [1.54, 1.807) is 12.4 Å². The molecule has 0 fully saturated rings. The fraction of sp³-hybridized carbons (Fsp3) is 0.524. The van der Waals surface area contributed by atoms with Crippen LogP contribution in [0.1, 0.15) is 58.3 Å². The second kappa shape index (κ2) is 13.3. The molecular weight excluding hydrogens is 358 g/mol. The third kappa shape index (κ3) is 9.00. The Bertz CT molecular complexity index is 667. The molecule has 0 spiro atoms. The second-order valence-electron chi connectivity index (χ2n) is 6.42. The van der Waals surface area contributed by atoms with Crippen LogP contribution in [0.2, 0.25) is 0 Å². The molecule has 0 saturated carbocycles. The first-order chi connectivity index (χ1) is 13.3. The van der Waals surface area contributed by atoms with Crippen LogP contribution in [0.25, 0.3) is 11.4 Å². The monoisotopic (exact) mass is 387 g/mol. The lowest BCUT2D eigenvalue weighted by Gasteiger charge is -2.05. The lowest BCUT2D eigenvalue weighted by molar-refractivity contribution is -0.140. The Morgan fingerprint density at radius 3 is 2.44 bits per heavy atom. The molecule has 0 bridgehead atoms. The Balaban J connectivity index is 1.59. The number of pyridine rings is 1. The van der Waals surface area contributed by atoms with Crippen molar-refractivity contribution in [2.75, 3.05) is 12.4 Å². The van der Waals surface area contributed by atoms with Gasteiger partial charge < -0.3 is 4.74 Å². The van der Waals surface area contributed by atoms with Crippen LogP contribution in [0.5, 0.6) is 0 Å². The van der Waals surface area contributed by atoms with Crippen molar-refractivity contribution in [2.45, 2.75) is 63.4 Å². The van der Waals surface area contributed by atoms with E-state index in [-0.39, 0.29) is 11.7 Å². The third-order valence-electron chi connectivity index (χ3n) is 4.14. The average Bonchev–Trinajstić information content (AvgIpc) is 2.72. The molecule has 0 aliphatic heterocycles. The molecule has 0 amide bonds. The summed E-state index contributed by atoms with van der Waals surface area (Å²) in [6, 6.07) is 7.49. The van der Waals surface area contributed by atoms with Gasteiger partial charge in [-0.15, -0.1) is 0 Å². The number of esters is 1. The largest absolute Gasteiger partial charge is 0.465 e. The smallest absolute Gasteiger partial charge is 0.316 e. The Hall–Kier alpha value is -1.95. The zero-order valence-electron chi connectivity index (χ0n) is 16.1. The van der Waals surface area contributed by atoms with Crippen LogP contribution in [0.3, 0.4) is 0 Å². The number of thioether (sulfide) groups is 1. The lowest BCUT2D eigenvalue weighted by atomic mass is 10.1. The topological polar surface area (TPSA) is 65.0 Å². The molecular formula is C21H29N3O2S. The molecule has 2 aromatic rings. The Morgan fingerprint density at radius 1 is 0.926 bits per heavy atom. The number of unbranched alkanes of at least 4 members (excludes halogenated alkanes) is 7. The normalized spacial score (nSPS) is 10.7. The Labute approximate surface area is 166 Å². The molecule has 0 unspecified atom stereocenters. The van der Waals surface area contributed by atoms with E-state index in [0.717, 1.165) is 24.2 Å². The number of nitrogens with zero attached hydrogens (tertiary/aromatic N) is 3. The first kappa shape index (κ1) is 21.4. The van der Waals surface area contributed by atoms with Crippen molar-refractivity contribution in [2.24, 2.45) is 0 Å². The van der Waals surface area contributed by atoms with Gasteiger partial charge in [0.15, 0.2) is 5.16 Å². The van der Waals surface area contributed by atoms with Crippen molar-refractivity contribution in [3.05, 3.63) is 36.7 Å². The number of carbonyl (C=O) groups excluding carboxylic acids is 1. The van der Waals surface area contributed by atoms with Gasteiger partial charge in [0.1, 0.15) is 0 Å². The summed E-state index contributed by atoms with van der Waals surface area (Å²) in [5.74, 6) is 0.0117. The van der Waals surface area contributed by atoms with Gasteiger partial charge in [-0.05, 0) is 24.6 Å². The molecule has 0 aliphatic carbocycles. The molecule has 5 nitrogen and oxygen atoms in total. The molecule has 2 heterocycles. The summed E-state index contributed by atoms with van der Waals surface area (Å²) in [5, 5.41) is 0.558. The second-order valence-corrected chi connectivity index (χ2v) is 7.37. The third-order valence-corrected chi connectivity index (χ3v) is 4.98. The molecule has 2 aromatic heterocycles. The van der Waals surface area contributed by atoms with E-state index in [1.165, 1.54) is 50.3 Å². The molecule has 6 heteroatoms. The predicted octanol–water partition coefficient (Wildman–Crippen LogP) is 5.31. The summed E-state index contributed by atoms with van der Waals surface area (Å²) in [7, 11) is 0. The van der Waals surface area contributed by atoms with Crippen LogP contribution in [0.15, 0.2) is 41.8 Å². The zero-order chi connectivity index (χ0) is 19.2. The standard InChI is InChI=1S/C21H29N3O2S/c1-2-3-4-5-6-7-8-11-16-26-20(25)17-27-21-23-15-13-19(24-21)18-12-9-10-14-22-18/h9-10,12-15H,2-8,11,16-17H2,1H3. The van der Waals surface area contributed by atoms with Crippen molar-refractivity contribution in [3.8, 4) is 11.4 Å². The first-order valence-electron chi connectivity index (χ1n) is 9.82. The highest BCUT2D eigenvalue weighted by Crippen LogP contribution is 2.18. The van der Waals surface area contributed by atoms with Crippen molar-refractivity contribution < 1.29 is 9.53 Å². The summed E-state index contributed by atoms with van der Waals surface area (Å²) in [5.41, 5.74) is 1.54. The fourth-order valence-electron chi connectivity index (χ4n) is 2.65. The maximum absolute atomic E-state index is 11.9. The molecule has 0 saturated heterocycles. The molecule has 0 N–H and O–H groups in total. The van der Waals surface area contributed by atoms with E-state index < -0.39 is 0 Å². The molecule has 0 radical (unpaired) electrons. The first-order valence-corrected chi connectivity index (χ1v) is 10.8. The van der Waals surface area contributed by atoms with Crippen molar-refractivity contribution >= 4 is 17.7 Å². The van der Waals surface area contributed by atoms with Gasteiger partial charge in [0.25, 0.3) is 0 Å². The highest BCUT2D eigenvalue weighted by atomic mass is 32.2. The van der Waals surface area contributed by atoms with Crippen LogP contribution in [-0.4, -0.2) is 33.3 Å². The van der Waals surface area contributed by atoms with E-state index in [0.29, 0.717) is 11.8 Å². The van der Waals surface area contributed by atoms with Crippen LogP contribution in [-0.2, 0) is 9.53 Å². The number of aromatic nitrogens is 3. The van der Waals surface area contributed by atoms with Gasteiger partial charge >= 0.3 is 5.97 Å². The van der Waals surface area contributed by atoms with Gasteiger partial charge in [0.2, 0.25) is 0 Å². The maximum atomic E-state index is 11.9. The number of hydrogen-bond donors (Lipinski definition) is 0. The summed E-state index contributed by atoms with van der Waals surface area (Å²) in [4.78, 5) is 24.8. The summed E-state index contributed by atoms with van der Waals surface area (Å²) < 4.78 is 5.30. The average molecular weight is 388 g/mol. The lowest BCUT2D eigenvalue weighted by Crippen LogP contribution is -2.09. The quantitative estimate of drug-likeness (QED) is 0.201. The highest BCUT2D eigenvalue weighted by Gasteiger charge is 2.08. The van der Waals surface area contributed by atoms with Crippen LogP contribution >= 0.6 is 11.8 Å². The number of carbonyl (C=O) groups is 1. The van der Waals surface area contributed by atoms with Gasteiger partial charge in [-0.2, -0.15) is 0 Å². The molecule has 146 valence electrons. The maximum Gasteiger partial charge on any atom is 0.316 e. The number of hydrogen-bond acceptors (Lipinski definition) is 6. The SMILES string of the molecule is CCCCCCCCCCOC(=O)CSc1nccc(-c2ccccn2)n1. The minimum absolute atomic E-state index is 0.213. The minimum Gasteiger partial charge on any atom is -0.465 e. The van der Waals surface area contributed by atoms with Gasteiger partial charge in [-0.1, -0.05) is 69.7 Å². The number of rotatable bonds is 13. The van der Waals surface area contributed by atoms with Crippen molar-refractivity contribution in [3.63, 3.8) is 0 Å². The number of ether oxygens (including phenoxy) is 1. The minimum atomic E-state index is -0.213. The summed E-state index contributed by atoms with van der Waals surface area (Å²) in [6.45, 7) is 2.74. The molecule has 0 aliphatic rings. The Kier molecular flexibility index (Phi) is 10.5.